The Morgan fingerprint density at radius 2 is 2.25 bits per heavy atom. The summed E-state index contributed by atoms with van der Waals surface area (Å²) in [6.07, 6.45) is 1.29. The van der Waals surface area contributed by atoms with E-state index in [4.69, 9.17) is 0 Å². The van der Waals surface area contributed by atoms with E-state index in [1.165, 1.54) is 6.39 Å². The molecule has 0 aliphatic rings. The first-order chi connectivity index (χ1) is 7.75. The van der Waals surface area contributed by atoms with E-state index in [1.54, 1.807) is 12.1 Å². The summed E-state index contributed by atoms with van der Waals surface area (Å²) in [6, 6.07) is 5.30. The Morgan fingerprint density at radius 3 is 3.00 bits per heavy atom. The van der Waals surface area contributed by atoms with Gasteiger partial charge in [0, 0.05) is 16.6 Å². The first-order valence-electron chi connectivity index (χ1n) is 4.69. The van der Waals surface area contributed by atoms with Crippen LogP contribution in [0.1, 0.15) is 11.4 Å². The Morgan fingerprint density at radius 1 is 1.38 bits per heavy atom. The Balaban J connectivity index is 1.92. The molecule has 0 fully saturated rings. The number of hydrogen-bond donors (Lipinski definition) is 2. The maximum absolute atomic E-state index is 9.58. The van der Waals surface area contributed by atoms with Crippen LogP contribution in [0.3, 0.4) is 0 Å². The zero-order valence-electron chi connectivity index (χ0n) is 8.35. The van der Waals surface area contributed by atoms with Gasteiger partial charge in [-0.3, -0.25) is 0 Å². The summed E-state index contributed by atoms with van der Waals surface area (Å²) < 4.78 is 5.53. The second kappa shape index (κ2) is 5.09. The SMILES string of the molecule is Oc1ccc(Br)cc1CNCc1ncon1. The zero-order valence-corrected chi connectivity index (χ0v) is 9.94. The van der Waals surface area contributed by atoms with E-state index in [0.717, 1.165) is 10.0 Å². The highest BCUT2D eigenvalue weighted by molar-refractivity contribution is 9.10. The van der Waals surface area contributed by atoms with Crippen molar-refractivity contribution in [3.63, 3.8) is 0 Å². The number of hydrogen-bond acceptors (Lipinski definition) is 5. The standard InChI is InChI=1S/C10H10BrN3O2/c11-8-1-2-9(15)7(3-8)4-12-5-10-13-6-16-14-10/h1-3,6,12,15H,4-5H2. The minimum absolute atomic E-state index is 0.267. The lowest BCUT2D eigenvalue weighted by atomic mass is 10.2. The number of rotatable bonds is 4. The summed E-state index contributed by atoms with van der Waals surface area (Å²) in [5.74, 6) is 0.860. The Labute approximate surface area is 101 Å². The largest absolute Gasteiger partial charge is 0.508 e. The summed E-state index contributed by atoms with van der Waals surface area (Å²) >= 11 is 3.35. The number of nitrogens with one attached hydrogen (secondary N) is 1. The molecule has 0 aliphatic carbocycles. The van der Waals surface area contributed by atoms with Gasteiger partial charge < -0.3 is 14.9 Å². The van der Waals surface area contributed by atoms with Gasteiger partial charge in [0.25, 0.3) is 0 Å². The lowest BCUT2D eigenvalue weighted by Gasteiger charge is -2.05. The molecular weight excluding hydrogens is 274 g/mol. The number of benzene rings is 1. The summed E-state index contributed by atoms with van der Waals surface area (Å²) in [6.45, 7) is 1.04. The highest BCUT2D eigenvalue weighted by Gasteiger charge is 2.02. The molecule has 0 bridgehead atoms. The maximum Gasteiger partial charge on any atom is 0.213 e. The monoisotopic (exact) mass is 283 g/mol. The van der Waals surface area contributed by atoms with E-state index in [2.05, 4.69) is 35.9 Å². The Bertz CT molecular complexity index is 459. The van der Waals surface area contributed by atoms with E-state index in [0.29, 0.717) is 18.9 Å². The lowest BCUT2D eigenvalue weighted by Crippen LogP contribution is -2.13. The predicted molar refractivity (Wildman–Crippen MR) is 60.6 cm³/mol. The van der Waals surface area contributed by atoms with Crippen molar-refractivity contribution in [1.29, 1.82) is 0 Å². The van der Waals surface area contributed by atoms with Gasteiger partial charge >= 0.3 is 0 Å². The fourth-order valence-corrected chi connectivity index (χ4v) is 1.68. The average molecular weight is 284 g/mol. The van der Waals surface area contributed by atoms with Gasteiger partial charge in [-0.15, -0.1) is 0 Å². The molecule has 6 heteroatoms. The molecule has 1 aromatic heterocycles. The van der Waals surface area contributed by atoms with Gasteiger partial charge in [-0.1, -0.05) is 21.1 Å². The number of aromatic nitrogens is 2. The van der Waals surface area contributed by atoms with E-state index in [9.17, 15) is 5.11 Å². The van der Waals surface area contributed by atoms with Crippen LogP contribution < -0.4 is 5.32 Å². The molecule has 0 amide bonds. The predicted octanol–water partition coefficient (Wildman–Crippen LogP) is 1.83. The minimum atomic E-state index is 0.267. The van der Waals surface area contributed by atoms with Crippen LogP contribution in [0.25, 0.3) is 0 Å². The maximum atomic E-state index is 9.58. The van der Waals surface area contributed by atoms with Crippen LogP contribution in [0.15, 0.2) is 33.6 Å². The van der Waals surface area contributed by atoms with Crippen molar-refractivity contribution in [2.24, 2.45) is 0 Å². The van der Waals surface area contributed by atoms with Gasteiger partial charge in [0.2, 0.25) is 6.39 Å². The van der Waals surface area contributed by atoms with Crippen LogP contribution in [0.5, 0.6) is 5.75 Å². The van der Waals surface area contributed by atoms with Crippen LogP contribution in [-0.2, 0) is 13.1 Å². The third kappa shape index (κ3) is 2.80. The van der Waals surface area contributed by atoms with E-state index in [1.807, 2.05) is 6.07 Å². The molecule has 84 valence electrons. The van der Waals surface area contributed by atoms with Crippen LogP contribution in [-0.4, -0.2) is 15.2 Å². The molecule has 1 aromatic carbocycles. The molecule has 2 N–H and O–H groups in total. The van der Waals surface area contributed by atoms with Crippen LogP contribution in [0.4, 0.5) is 0 Å². The molecule has 1 heterocycles. The van der Waals surface area contributed by atoms with Crippen LogP contribution >= 0.6 is 15.9 Å². The Kier molecular flexibility index (Phi) is 3.53. The van der Waals surface area contributed by atoms with Crippen molar-refractivity contribution in [1.82, 2.24) is 15.5 Å². The van der Waals surface area contributed by atoms with Gasteiger partial charge in [-0.2, -0.15) is 4.98 Å². The molecule has 2 rings (SSSR count). The first kappa shape index (κ1) is 11.1. The highest BCUT2D eigenvalue weighted by Crippen LogP contribution is 2.21. The molecular formula is C10H10BrN3O2. The lowest BCUT2D eigenvalue weighted by molar-refractivity contribution is 0.407. The van der Waals surface area contributed by atoms with E-state index >= 15 is 0 Å². The van der Waals surface area contributed by atoms with Gasteiger partial charge in [0.1, 0.15) is 5.75 Å². The molecule has 0 radical (unpaired) electrons. The normalized spacial score (nSPS) is 10.6. The van der Waals surface area contributed by atoms with Gasteiger partial charge in [-0.25, -0.2) is 0 Å². The smallest absolute Gasteiger partial charge is 0.213 e. The number of halogens is 1. The van der Waals surface area contributed by atoms with Crippen LogP contribution in [0, 0.1) is 0 Å². The third-order valence-corrected chi connectivity index (χ3v) is 2.54. The second-order valence-electron chi connectivity index (χ2n) is 3.22. The summed E-state index contributed by atoms with van der Waals surface area (Å²) in [7, 11) is 0. The molecule has 0 aliphatic heterocycles. The molecule has 0 spiro atoms. The van der Waals surface area contributed by atoms with Crippen molar-refractivity contribution >= 4 is 15.9 Å². The number of nitrogens with zero attached hydrogens (tertiary/aromatic N) is 2. The number of aromatic hydroxyl groups is 1. The quantitative estimate of drug-likeness (QED) is 0.896. The van der Waals surface area contributed by atoms with Gasteiger partial charge in [0.15, 0.2) is 5.82 Å². The van der Waals surface area contributed by atoms with Crippen molar-refractivity contribution in [2.45, 2.75) is 13.1 Å². The first-order valence-corrected chi connectivity index (χ1v) is 5.48. The summed E-state index contributed by atoms with van der Waals surface area (Å²) in [4.78, 5) is 3.88. The molecule has 5 nitrogen and oxygen atoms in total. The summed E-state index contributed by atoms with van der Waals surface area (Å²) in [5.41, 5.74) is 0.817. The van der Waals surface area contributed by atoms with E-state index < -0.39 is 0 Å². The third-order valence-electron chi connectivity index (χ3n) is 2.05. The van der Waals surface area contributed by atoms with Gasteiger partial charge in [-0.05, 0) is 18.2 Å². The molecule has 0 saturated heterocycles. The number of phenols is 1. The van der Waals surface area contributed by atoms with Crippen molar-refractivity contribution in [3.8, 4) is 5.75 Å². The molecule has 2 aromatic rings. The van der Waals surface area contributed by atoms with E-state index in [-0.39, 0.29) is 5.75 Å². The Hall–Kier alpha value is -1.40. The van der Waals surface area contributed by atoms with Crippen LogP contribution in [0.2, 0.25) is 0 Å². The fraction of sp³-hybridized carbons (Fsp3) is 0.200. The molecule has 0 atom stereocenters. The van der Waals surface area contributed by atoms with Gasteiger partial charge in [0.05, 0.1) is 6.54 Å². The highest BCUT2D eigenvalue weighted by atomic mass is 79.9. The molecule has 0 saturated carbocycles. The summed E-state index contributed by atoms with van der Waals surface area (Å²) in [5, 5.41) is 16.4. The zero-order chi connectivity index (χ0) is 11.4. The second-order valence-corrected chi connectivity index (χ2v) is 4.14. The fourth-order valence-electron chi connectivity index (χ4n) is 1.27. The minimum Gasteiger partial charge on any atom is -0.508 e. The topological polar surface area (TPSA) is 71.2 Å². The molecule has 16 heavy (non-hydrogen) atoms. The number of phenolic OH excluding ortho intramolecular Hbond substituents is 1. The van der Waals surface area contributed by atoms with Crippen molar-refractivity contribution in [2.75, 3.05) is 0 Å². The molecule has 0 unspecified atom stereocenters. The average Bonchev–Trinajstić information content (AvgIpc) is 2.76. The van der Waals surface area contributed by atoms with Crippen molar-refractivity contribution < 1.29 is 9.63 Å². The van der Waals surface area contributed by atoms with Crippen molar-refractivity contribution in [3.05, 3.63) is 40.5 Å².